The second-order valence-corrected chi connectivity index (χ2v) is 6.65. The van der Waals surface area contributed by atoms with E-state index in [-0.39, 0.29) is 0 Å². The number of aryl methyl sites for hydroxylation is 2. The van der Waals surface area contributed by atoms with Gasteiger partial charge in [-0.2, -0.15) is 12.7 Å². The lowest BCUT2D eigenvalue weighted by Crippen LogP contribution is -2.28. The molecule has 19 heavy (non-hydrogen) atoms. The van der Waals surface area contributed by atoms with E-state index in [0.29, 0.717) is 11.4 Å². The molecule has 102 valence electrons. The van der Waals surface area contributed by atoms with Crippen LogP contribution in [0.4, 0.5) is 0 Å². The Morgan fingerprint density at radius 2 is 1.68 bits per heavy atom. The maximum atomic E-state index is 12.3. The first-order valence-electron chi connectivity index (χ1n) is 5.88. The monoisotopic (exact) mass is 279 g/mol. The van der Waals surface area contributed by atoms with Crippen molar-refractivity contribution in [1.29, 1.82) is 0 Å². The maximum absolute atomic E-state index is 12.3. The van der Waals surface area contributed by atoms with Crippen molar-refractivity contribution < 1.29 is 8.42 Å². The smallest absolute Gasteiger partial charge is 0.240 e. The van der Waals surface area contributed by atoms with Crippen LogP contribution in [-0.2, 0) is 10.2 Å². The summed E-state index contributed by atoms with van der Waals surface area (Å²) in [5.41, 5.74) is 3.26. The predicted octanol–water partition coefficient (Wildman–Crippen LogP) is 1.82. The fourth-order valence-corrected chi connectivity index (χ4v) is 2.80. The first-order chi connectivity index (χ1) is 8.84. The molecule has 0 unspecified atom stereocenters. The normalized spacial score (nSPS) is 12.1. The van der Waals surface area contributed by atoms with Crippen LogP contribution in [0.5, 0.6) is 0 Å². The second kappa shape index (κ2) is 4.79. The van der Waals surface area contributed by atoms with Crippen molar-refractivity contribution in [2.45, 2.75) is 13.8 Å². The minimum Gasteiger partial charge on any atom is -0.240 e. The third-order valence-electron chi connectivity index (χ3n) is 2.95. The lowest BCUT2D eigenvalue weighted by atomic mass is 10.1. The van der Waals surface area contributed by atoms with Gasteiger partial charge in [-0.15, -0.1) is 0 Å². The SMILES string of the molecule is Cc1ccc(-c2c(C)ncn2S(=O)(=O)N(C)C)cc1. The van der Waals surface area contributed by atoms with E-state index in [2.05, 4.69) is 4.98 Å². The molecule has 0 amide bonds. The van der Waals surface area contributed by atoms with E-state index in [4.69, 9.17) is 0 Å². The standard InChI is InChI=1S/C13H17N3O2S/c1-10-5-7-12(8-6-10)13-11(2)14-9-16(13)19(17,18)15(3)4/h5-9H,1-4H3. The van der Waals surface area contributed by atoms with Gasteiger partial charge < -0.3 is 0 Å². The minimum atomic E-state index is -3.56. The van der Waals surface area contributed by atoms with Gasteiger partial charge >= 0.3 is 10.2 Å². The van der Waals surface area contributed by atoms with Gasteiger partial charge in [-0.3, -0.25) is 0 Å². The molecular formula is C13H17N3O2S. The summed E-state index contributed by atoms with van der Waals surface area (Å²) in [4.78, 5) is 4.12. The molecule has 0 atom stereocenters. The summed E-state index contributed by atoms with van der Waals surface area (Å²) in [5, 5.41) is 0. The Hall–Kier alpha value is -1.66. The van der Waals surface area contributed by atoms with Gasteiger partial charge in [-0.05, 0) is 13.8 Å². The Morgan fingerprint density at radius 3 is 2.21 bits per heavy atom. The molecule has 0 aliphatic heterocycles. The largest absolute Gasteiger partial charge is 0.308 e. The average molecular weight is 279 g/mol. The van der Waals surface area contributed by atoms with Gasteiger partial charge in [0, 0.05) is 19.7 Å². The topological polar surface area (TPSA) is 55.2 Å². The van der Waals surface area contributed by atoms with E-state index in [1.165, 1.54) is 28.7 Å². The van der Waals surface area contributed by atoms with Crippen molar-refractivity contribution >= 4 is 10.2 Å². The lowest BCUT2D eigenvalue weighted by Gasteiger charge is -2.15. The lowest BCUT2D eigenvalue weighted by molar-refractivity contribution is 0.511. The highest BCUT2D eigenvalue weighted by Gasteiger charge is 2.22. The van der Waals surface area contributed by atoms with Crippen LogP contribution in [0.25, 0.3) is 11.3 Å². The number of benzene rings is 1. The maximum Gasteiger partial charge on any atom is 0.308 e. The van der Waals surface area contributed by atoms with E-state index in [1.54, 1.807) is 6.92 Å². The Bertz CT molecular complexity index is 685. The number of rotatable bonds is 3. The fraction of sp³-hybridized carbons (Fsp3) is 0.308. The minimum absolute atomic E-state index is 0.605. The molecule has 1 aromatic heterocycles. The molecule has 0 radical (unpaired) electrons. The van der Waals surface area contributed by atoms with Crippen LogP contribution in [0.15, 0.2) is 30.6 Å². The number of nitrogens with zero attached hydrogens (tertiary/aromatic N) is 3. The zero-order valence-corrected chi connectivity index (χ0v) is 12.3. The zero-order valence-electron chi connectivity index (χ0n) is 11.5. The average Bonchev–Trinajstić information content (AvgIpc) is 2.72. The summed E-state index contributed by atoms with van der Waals surface area (Å²) in [5.74, 6) is 0. The van der Waals surface area contributed by atoms with Gasteiger partial charge in [-0.25, -0.2) is 8.96 Å². The Balaban J connectivity index is 2.65. The molecule has 0 aliphatic rings. The third kappa shape index (κ3) is 2.41. The van der Waals surface area contributed by atoms with E-state index in [9.17, 15) is 8.42 Å². The Labute approximate surface area is 113 Å². The first kappa shape index (κ1) is 13.8. The van der Waals surface area contributed by atoms with Crippen molar-refractivity contribution in [3.8, 4) is 11.3 Å². The number of hydrogen-bond donors (Lipinski definition) is 0. The molecule has 2 aromatic rings. The van der Waals surface area contributed by atoms with Crippen LogP contribution in [0.2, 0.25) is 0 Å². The molecule has 0 N–H and O–H groups in total. The van der Waals surface area contributed by atoms with Gasteiger partial charge in [-0.1, -0.05) is 29.8 Å². The fourth-order valence-electron chi connectivity index (χ4n) is 1.82. The summed E-state index contributed by atoms with van der Waals surface area (Å²) in [6.07, 6.45) is 1.35. The van der Waals surface area contributed by atoms with Crippen molar-refractivity contribution in [3.05, 3.63) is 41.9 Å². The van der Waals surface area contributed by atoms with Crippen LogP contribution in [0, 0.1) is 13.8 Å². The van der Waals surface area contributed by atoms with Crippen molar-refractivity contribution in [2.24, 2.45) is 0 Å². The molecule has 0 bridgehead atoms. The highest BCUT2D eigenvalue weighted by molar-refractivity contribution is 7.87. The highest BCUT2D eigenvalue weighted by atomic mass is 32.2. The molecule has 0 spiro atoms. The van der Waals surface area contributed by atoms with E-state index in [0.717, 1.165) is 11.1 Å². The van der Waals surface area contributed by atoms with Crippen molar-refractivity contribution in [1.82, 2.24) is 13.3 Å². The molecular weight excluding hydrogens is 262 g/mol. The van der Waals surface area contributed by atoms with Crippen LogP contribution < -0.4 is 0 Å². The summed E-state index contributed by atoms with van der Waals surface area (Å²) in [6, 6.07) is 7.71. The Morgan fingerprint density at radius 1 is 1.11 bits per heavy atom. The molecule has 6 heteroatoms. The molecule has 0 fully saturated rings. The second-order valence-electron chi connectivity index (χ2n) is 4.63. The summed E-state index contributed by atoms with van der Waals surface area (Å²) < 4.78 is 26.9. The third-order valence-corrected chi connectivity index (χ3v) is 4.65. The molecule has 1 aromatic carbocycles. The molecule has 5 nitrogen and oxygen atoms in total. The summed E-state index contributed by atoms with van der Waals surface area (Å²) in [7, 11) is -0.550. The van der Waals surface area contributed by atoms with Crippen molar-refractivity contribution in [3.63, 3.8) is 0 Å². The molecule has 0 saturated carbocycles. The van der Waals surface area contributed by atoms with Crippen LogP contribution in [-0.4, -0.2) is 35.8 Å². The molecule has 0 saturated heterocycles. The molecule has 1 heterocycles. The van der Waals surface area contributed by atoms with Gasteiger partial charge in [0.15, 0.2) is 0 Å². The molecule has 0 aliphatic carbocycles. The summed E-state index contributed by atoms with van der Waals surface area (Å²) in [6.45, 7) is 3.79. The zero-order chi connectivity index (χ0) is 14.2. The van der Waals surface area contributed by atoms with Gasteiger partial charge in [0.05, 0.1) is 11.4 Å². The van der Waals surface area contributed by atoms with E-state index >= 15 is 0 Å². The van der Waals surface area contributed by atoms with Crippen molar-refractivity contribution in [2.75, 3.05) is 14.1 Å². The predicted molar refractivity (Wildman–Crippen MR) is 75.1 cm³/mol. The van der Waals surface area contributed by atoms with Gasteiger partial charge in [0.2, 0.25) is 0 Å². The summed E-state index contributed by atoms with van der Waals surface area (Å²) >= 11 is 0. The number of aromatic nitrogens is 2. The van der Waals surface area contributed by atoms with Crippen LogP contribution >= 0.6 is 0 Å². The number of imidazole rings is 1. The first-order valence-corrected chi connectivity index (χ1v) is 7.27. The van der Waals surface area contributed by atoms with Crippen LogP contribution in [0.3, 0.4) is 0 Å². The van der Waals surface area contributed by atoms with E-state index < -0.39 is 10.2 Å². The van der Waals surface area contributed by atoms with Gasteiger partial charge in [0.25, 0.3) is 0 Å². The molecule has 2 rings (SSSR count). The quantitative estimate of drug-likeness (QED) is 0.861. The Kier molecular flexibility index (Phi) is 3.47. The van der Waals surface area contributed by atoms with E-state index in [1.807, 2.05) is 31.2 Å². The highest BCUT2D eigenvalue weighted by Crippen LogP contribution is 2.25. The number of hydrogen-bond acceptors (Lipinski definition) is 3. The van der Waals surface area contributed by atoms with Crippen LogP contribution in [0.1, 0.15) is 11.3 Å². The van der Waals surface area contributed by atoms with Gasteiger partial charge in [0.1, 0.15) is 6.33 Å².